The van der Waals surface area contributed by atoms with E-state index in [2.05, 4.69) is 0 Å². The first-order valence-corrected chi connectivity index (χ1v) is 6.61. The molecule has 0 atom stereocenters. The summed E-state index contributed by atoms with van der Waals surface area (Å²) < 4.78 is 14.8. The van der Waals surface area contributed by atoms with Crippen LogP contribution >= 0.6 is 11.3 Å². The summed E-state index contributed by atoms with van der Waals surface area (Å²) in [6.07, 6.45) is 0. The number of hydrogen-bond donors (Lipinski definition) is 1. The van der Waals surface area contributed by atoms with Gasteiger partial charge in [-0.05, 0) is 24.3 Å². The van der Waals surface area contributed by atoms with Crippen molar-refractivity contribution < 1.29 is 9.18 Å². The first kappa shape index (κ1) is 11.9. The Hall–Kier alpha value is -2.20. The molecule has 0 amide bonds. The minimum absolute atomic E-state index is 0.0535. The Kier molecular flexibility index (Phi) is 2.80. The minimum Gasteiger partial charge on any atom is -0.399 e. The molecule has 3 rings (SSSR count). The van der Waals surface area contributed by atoms with Crippen LogP contribution in [0.15, 0.2) is 47.8 Å². The highest BCUT2D eigenvalue weighted by Crippen LogP contribution is 2.28. The van der Waals surface area contributed by atoms with E-state index in [1.54, 1.807) is 5.38 Å². The monoisotopic (exact) mass is 271 g/mol. The zero-order chi connectivity index (χ0) is 13.4. The molecular weight excluding hydrogens is 261 g/mol. The SMILES string of the molecule is Nc1ccc(C(=O)c2csc3ccccc23)c(F)c1. The van der Waals surface area contributed by atoms with E-state index in [9.17, 15) is 9.18 Å². The number of nitrogen functional groups attached to an aromatic ring is 1. The molecule has 19 heavy (non-hydrogen) atoms. The molecule has 0 aliphatic heterocycles. The van der Waals surface area contributed by atoms with Crippen molar-refractivity contribution in [3.8, 4) is 0 Å². The summed E-state index contributed by atoms with van der Waals surface area (Å²) in [5.41, 5.74) is 6.38. The summed E-state index contributed by atoms with van der Waals surface area (Å²) in [5, 5.41) is 2.62. The quantitative estimate of drug-likeness (QED) is 0.568. The molecule has 0 radical (unpaired) electrons. The third-order valence-corrected chi connectivity index (χ3v) is 3.93. The largest absolute Gasteiger partial charge is 0.399 e. The number of anilines is 1. The van der Waals surface area contributed by atoms with Gasteiger partial charge in [0.15, 0.2) is 5.78 Å². The Bertz CT molecular complexity index is 779. The van der Waals surface area contributed by atoms with Crippen molar-refractivity contribution in [3.63, 3.8) is 0 Å². The fourth-order valence-electron chi connectivity index (χ4n) is 2.01. The summed E-state index contributed by atoms with van der Waals surface area (Å²) in [4.78, 5) is 12.4. The van der Waals surface area contributed by atoms with Crippen LogP contribution in [-0.2, 0) is 0 Å². The van der Waals surface area contributed by atoms with Gasteiger partial charge in [-0.1, -0.05) is 18.2 Å². The fourth-order valence-corrected chi connectivity index (χ4v) is 2.96. The van der Waals surface area contributed by atoms with Crippen molar-refractivity contribution in [2.24, 2.45) is 0 Å². The molecule has 2 N–H and O–H groups in total. The van der Waals surface area contributed by atoms with Gasteiger partial charge in [0.1, 0.15) is 5.82 Å². The van der Waals surface area contributed by atoms with E-state index in [4.69, 9.17) is 5.73 Å². The molecule has 1 heterocycles. The van der Waals surface area contributed by atoms with Gasteiger partial charge in [0.2, 0.25) is 0 Å². The van der Waals surface area contributed by atoms with Crippen LogP contribution in [-0.4, -0.2) is 5.78 Å². The molecule has 2 aromatic carbocycles. The third-order valence-electron chi connectivity index (χ3n) is 2.96. The van der Waals surface area contributed by atoms with Crippen LogP contribution in [0, 0.1) is 5.82 Å². The number of fused-ring (bicyclic) bond motifs is 1. The van der Waals surface area contributed by atoms with Crippen molar-refractivity contribution in [1.82, 2.24) is 0 Å². The van der Waals surface area contributed by atoms with Crippen LogP contribution in [0.5, 0.6) is 0 Å². The van der Waals surface area contributed by atoms with E-state index in [0.717, 1.165) is 10.1 Å². The second-order valence-corrected chi connectivity index (χ2v) is 5.13. The van der Waals surface area contributed by atoms with Gasteiger partial charge in [-0.25, -0.2) is 4.39 Å². The normalized spacial score (nSPS) is 10.8. The number of benzene rings is 2. The summed E-state index contributed by atoms with van der Waals surface area (Å²) in [6.45, 7) is 0. The lowest BCUT2D eigenvalue weighted by molar-refractivity contribution is 0.103. The number of carbonyl (C=O) groups excluding carboxylic acids is 1. The molecule has 0 unspecified atom stereocenters. The molecule has 3 aromatic rings. The molecule has 2 nitrogen and oxygen atoms in total. The zero-order valence-corrected chi connectivity index (χ0v) is 10.7. The Morgan fingerprint density at radius 1 is 1.11 bits per heavy atom. The summed E-state index contributed by atoms with van der Waals surface area (Å²) in [7, 11) is 0. The number of hydrogen-bond acceptors (Lipinski definition) is 3. The van der Waals surface area contributed by atoms with Gasteiger partial charge in [0.05, 0.1) is 5.56 Å². The molecule has 0 fully saturated rings. The smallest absolute Gasteiger partial charge is 0.197 e. The van der Waals surface area contributed by atoms with Crippen LogP contribution in [0.4, 0.5) is 10.1 Å². The molecule has 94 valence electrons. The minimum atomic E-state index is -0.583. The van der Waals surface area contributed by atoms with E-state index < -0.39 is 5.82 Å². The van der Waals surface area contributed by atoms with E-state index in [-0.39, 0.29) is 11.3 Å². The molecule has 0 saturated carbocycles. The van der Waals surface area contributed by atoms with Gasteiger partial charge in [-0.15, -0.1) is 11.3 Å². The van der Waals surface area contributed by atoms with Crippen molar-refractivity contribution in [2.45, 2.75) is 0 Å². The van der Waals surface area contributed by atoms with E-state index in [0.29, 0.717) is 11.3 Å². The Morgan fingerprint density at radius 2 is 1.89 bits per heavy atom. The number of ketones is 1. The molecular formula is C15H10FNOS. The van der Waals surface area contributed by atoms with Gasteiger partial charge in [-0.2, -0.15) is 0 Å². The molecule has 0 bridgehead atoms. The molecule has 0 spiro atoms. The third kappa shape index (κ3) is 2.00. The Balaban J connectivity index is 2.13. The second kappa shape index (κ2) is 4.48. The number of thiophene rings is 1. The van der Waals surface area contributed by atoms with Crippen LogP contribution in [0.2, 0.25) is 0 Å². The number of carbonyl (C=O) groups is 1. The average Bonchev–Trinajstić information content (AvgIpc) is 2.82. The number of halogens is 1. The van der Waals surface area contributed by atoms with E-state index >= 15 is 0 Å². The lowest BCUT2D eigenvalue weighted by atomic mass is 10.0. The van der Waals surface area contributed by atoms with Gasteiger partial charge in [-0.3, -0.25) is 4.79 Å². The molecule has 1 aromatic heterocycles. The van der Waals surface area contributed by atoms with Crippen molar-refractivity contribution >= 4 is 32.9 Å². The number of nitrogens with two attached hydrogens (primary N) is 1. The average molecular weight is 271 g/mol. The maximum atomic E-state index is 13.8. The van der Waals surface area contributed by atoms with Gasteiger partial charge in [0.25, 0.3) is 0 Å². The van der Waals surface area contributed by atoms with E-state index in [1.807, 2.05) is 24.3 Å². The van der Waals surface area contributed by atoms with Crippen LogP contribution in [0.1, 0.15) is 15.9 Å². The highest BCUT2D eigenvalue weighted by molar-refractivity contribution is 7.17. The summed E-state index contributed by atoms with van der Waals surface area (Å²) in [6, 6.07) is 11.7. The fraction of sp³-hybridized carbons (Fsp3) is 0. The lowest BCUT2D eigenvalue weighted by Gasteiger charge is -2.02. The van der Waals surface area contributed by atoms with Gasteiger partial charge >= 0.3 is 0 Å². The van der Waals surface area contributed by atoms with Crippen molar-refractivity contribution in [3.05, 3.63) is 64.8 Å². The highest BCUT2D eigenvalue weighted by atomic mass is 32.1. The standard InChI is InChI=1S/C15H10FNOS/c16-13-7-9(17)5-6-11(13)15(18)12-8-19-14-4-2-1-3-10(12)14/h1-8H,17H2. The van der Waals surface area contributed by atoms with Gasteiger partial charge in [0, 0.05) is 26.7 Å². The Morgan fingerprint density at radius 3 is 2.68 bits per heavy atom. The predicted octanol–water partition coefficient (Wildman–Crippen LogP) is 3.85. The number of rotatable bonds is 2. The van der Waals surface area contributed by atoms with Gasteiger partial charge < -0.3 is 5.73 Å². The van der Waals surface area contributed by atoms with Crippen molar-refractivity contribution in [1.29, 1.82) is 0 Å². The van der Waals surface area contributed by atoms with Crippen LogP contribution in [0.25, 0.3) is 10.1 Å². The van der Waals surface area contributed by atoms with Crippen LogP contribution < -0.4 is 5.73 Å². The highest BCUT2D eigenvalue weighted by Gasteiger charge is 2.17. The summed E-state index contributed by atoms with van der Waals surface area (Å²) in [5.74, 6) is -0.893. The molecule has 0 aliphatic rings. The maximum absolute atomic E-state index is 13.8. The summed E-state index contributed by atoms with van der Waals surface area (Å²) >= 11 is 1.48. The zero-order valence-electron chi connectivity index (χ0n) is 9.89. The molecule has 4 heteroatoms. The predicted molar refractivity (Wildman–Crippen MR) is 76.1 cm³/mol. The lowest BCUT2D eigenvalue weighted by Crippen LogP contribution is -2.04. The molecule has 0 aliphatic carbocycles. The second-order valence-electron chi connectivity index (χ2n) is 4.21. The van der Waals surface area contributed by atoms with Crippen molar-refractivity contribution in [2.75, 3.05) is 5.73 Å². The first-order valence-electron chi connectivity index (χ1n) is 5.73. The topological polar surface area (TPSA) is 43.1 Å². The van der Waals surface area contributed by atoms with E-state index in [1.165, 1.54) is 29.5 Å². The first-order chi connectivity index (χ1) is 9.16. The maximum Gasteiger partial charge on any atom is 0.197 e. The van der Waals surface area contributed by atoms with Crippen LogP contribution in [0.3, 0.4) is 0 Å². The Labute approximate surface area is 113 Å². The molecule has 0 saturated heterocycles.